The normalized spacial score (nSPS) is 13.6. The van der Waals surface area contributed by atoms with Gasteiger partial charge in [0.1, 0.15) is 5.69 Å². The van der Waals surface area contributed by atoms with Crippen LogP contribution in [-0.4, -0.2) is 64.1 Å². The fourth-order valence-electron chi connectivity index (χ4n) is 5.22. The van der Waals surface area contributed by atoms with Crippen molar-refractivity contribution in [2.75, 3.05) is 36.5 Å². The van der Waals surface area contributed by atoms with Crippen LogP contribution >= 0.6 is 0 Å². The average molecular weight is 577 g/mol. The summed E-state index contributed by atoms with van der Waals surface area (Å²) in [6.45, 7) is 7.52. The van der Waals surface area contributed by atoms with E-state index in [1.54, 1.807) is 59.4 Å². The highest BCUT2D eigenvalue weighted by Crippen LogP contribution is 2.29. The van der Waals surface area contributed by atoms with Crippen molar-refractivity contribution in [3.63, 3.8) is 0 Å². The molecular formula is C33H32N6O4. The fraction of sp³-hybridized carbons (Fsp3) is 0.212. The van der Waals surface area contributed by atoms with Crippen LogP contribution in [0.2, 0.25) is 0 Å². The van der Waals surface area contributed by atoms with E-state index in [0.717, 1.165) is 43.4 Å². The third-order valence-corrected chi connectivity index (χ3v) is 7.49. The highest BCUT2D eigenvalue weighted by atomic mass is 16.5. The minimum absolute atomic E-state index is 0.0204. The predicted molar refractivity (Wildman–Crippen MR) is 167 cm³/mol. The number of fused-ring (bicyclic) bond motifs is 1. The molecule has 2 aromatic heterocycles. The number of aliphatic imine (C=N–C) groups is 1. The number of amides is 1. The predicted octanol–water partition coefficient (Wildman–Crippen LogP) is 5.47. The van der Waals surface area contributed by atoms with E-state index in [4.69, 9.17) is 4.74 Å². The van der Waals surface area contributed by atoms with Gasteiger partial charge >= 0.3 is 0 Å². The van der Waals surface area contributed by atoms with Gasteiger partial charge in [-0.1, -0.05) is 0 Å². The maximum absolute atomic E-state index is 13.4. The third kappa shape index (κ3) is 5.91. The number of nitrogens with zero attached hydrogens (tertiary/aromatic N) is 4. The van der Waals surface area contributed by atoms with Crippen LogP contribution in [-0.2, 0) is 11.3 Å². The van der Waals surface area contributed by atoms with Gasteiger partial charge in [0.25, 0.3) is 5.91 Å². The number of H-pyrrole nitrogens is 1. The molecular weight excluding hydrogens is 544 g/mol. The number of rotatable bonds is 8. The number of benzene rings is 3. The number of aryl methyl sites for hydroxylation is 2. The van der Waals surface area contributed by atoms with Crippen molar-refractivity contribution in [1.82, 2.24) is 14.8 Å². The van der Waals surface area contributed by atoms with Crippen molar-refractivity contribution in [2.24, 2.45) is 4.99 Å². The Morgan fingerprint density at radius 3 is 2.47 bits per heavy atom. The summed E-state index contributed by atoms with van der Waals surface area (Å²) >= 11 is 0. The molecule has 1 saturated heterocycles. The summed E-state index contributed by atoms with van der Waals surface area (Å²) in [4.78, 5) is 35.9. The Bertz CT molecular complexity index is 1810. The maximum atomic E-state index is 13.4. The third-order valence-electron chi connectivity index (χ3n) is 7.49. The first-order valence-corrected chi connectivity index (χ1v) is 14.2. The first kappa shape index (κ1) is 27.9. The molecule has 0 unspecified atom stereocenters. The van der Waals surface area contributed by atoms with E-state index >= 15 is 0 Å². The van der Waals surface area contributed by atoms with Crippen LogP contribution in [0, 0.1) is 6.92 Å². The van der Waals surface area contributed by atoms with Gasteiger partial charge in [-0.3, -0.25) is 19.3 Å². The number of carbonyl (C=O) groups is 2. The van der Waals surface area contributed by atoms with Crippen molar-refractivity contribution in [2.45, 2.75) is 20.4 Å². The Hall–Kier alpha value is -5.22. The zero-order chi connectivity index (χ0) is 29.9. The van der Waals surface area contributed by atoms with Crippen molar-refractivity contribution >= 4 is 45.9 Å². The van der Waals surface area contributed by atoms with E-state index < -0.39 is 0 Å². The smallest absolute Gasteiger partial charge is 0.273 e. The number of ether oxygens (including phenoxy) is 1. The lowest BCUT2D eigenvalue weighted by atomic mass is 10.0. The van der Waals surface area contributed by atoms with Crippen LogP contribution in [0.15, 0.2) is 77.8 Å². The number of morpholine rings is 1. The van der Waals surface area contributed by atoms with Crippen LogP contribution < -0.4 is 10.2 Å². The molecule has 0 bridgehead atoms. The molecule has 43 heavy (non-hydrogen) atoms. The SMILES string of the molecule is CCn1nc(C)cc1C(=O)Nc1ccc(C(=O)c2ccc3[nH]c(O)c(C=Nc4ccc(N5CCOCC5)cc4)c3c2)cc1. The lowest BCUT2D eigenvalue weighted by Gasteiger charge is -2.28. The summed E-state index contributed by atoms with van der Waals surface area (Å²) < 4.78 is 7.08. The Morgan fingerprint density at radius 1 is 1.02 bits per heavy atom. The number of aromatic amines is 1. The monoisotopic (exact) mass is 576 g/mol. The lowest BCUT2D eigenvalue weighted by molar-refractivity contribution is 0.101. The second-order valence-electron chi connectivity index (χ2n) is 10.4. The molecule has 3 N–H and O–H groups in total. The number of hydrogen-bond donors (Lipinski definition) is 3. The minimum atomic E-state index is -0.263. The molecule has 1 aliphatic heterocycles. The fourth-order valence-corrected chi connectivity index (χ4v) is 5.22. The largest absolute Gasteiger partial charge is 0.494 e. The topological polar surface area (TPSA) is 125 Å². The van der Waals surface area contributed by atoms with Crippen molar-refractivity contribution in [1.29, 1.82) is 0 Å². The summed E-state index contributed by atoms with van der Waals surface area (Å²) in [6.07, 6.45) is 1.61. The van der Waals surface area contributed by atoms with E-state index in [9.17, 15) is 14.7 Å². The number of aromatic nitrogens is 3. The molecule has 0 atom stereocenters. The maximum Gasteiger partial charge on any atom is 0.273 e. The molecule has 1 amide bonds. The first-order chi connectivity index (χ1) is 20.9. The molecule has 0 spiro atoms. The van der Waals surface area contributed by atoms with Crippen LogP contribution in [0.4, 0.5) is 17.1 Å². The molecule has 0 aliphatic carbocycles. The van der Waals surface area contributed by atoms with Gasteiger partial charge in [0, 0.05) is 59.3 Å². The molecule has 3 heterocycles. The van der Waals surface area contributed by atoms with Crippen molar-refractivity contribution < 1.29 is 19.4 Å². The number of aromatic hydroxyl groups is 1. The number of nitrogens with one attached hydrogen (secondary N) is 2. The second kappa shape index (κ2) is 11.9. The summed E-state index contributed by atoms with van der Waals surface area (Å²) in [5.41, 5.74) is 5.83. The molecule has 0 saturated carbocycles. The number of hydrogen-bond acceptors (Lipinski definition) is 7. The van der Waals surface area contributed by atoms with Gasteiger partial charge in [0.05, 0.1) is 30.2 Å². The standard InChI is InChI=1S/C33H32N6O4/c1-3-39-30(18-21(2)37-39)33(42)35-25-7-4-22(5-8-25)31(40)23-6-13-29-27(19-23)28(32(41)36-29)20-34-24-9-11-26(12-10-24)38-14-16-43-17-15-38/h4-13,18-20,36,41H,3,14-17H2,1-2H3,(H,35,42). The van der Waals surface area contributed by atoms with Crippen LogP contribution in [0.25, 0.3) is 10.9 Å². The summed E-state index contributed by atoms with van der Waals surface area (Å²) in [7, 11) is 0. The van der Waals surface area contributed by atoms with Crippen LogP contribution in [0.5, 0.6) is 5.88 Å². The number of carbonyl (C=O) groups excluding carboxylic acids is 2. The van der Waals surface area contributed by atoms with E-state index in [2.05, 4.69) is 25.3 Å². The van der Waals surface area contributed by atoms with Gasteiger partial charge in [-0.15, -0.1) is 0 Å². The zero-order valence-corrected chi connectivity index (χ0v) is 24.0. The molecule has 3 aromatic carbocycles. The quantitative estimate of drug-likeness (QED) is 0.166. The van der Waals surface area contributed by atoms with Gasteiger partial charge in [-0.2, -0.15) is 5.10 Å². The van der Waals surface area contributed by atoms with Gasteiger partial charge in [0.2, 0.25) is 0 Å². The molecule has 10 nitrogen and oxygen atoms in total. The van der Waals surface area contributed by atoms with Crippen LogP contribution in [0.1, 0.15) is 44.6 Å². The summed E-state index contributed by atoms with van der Waals surface area (Å²) in [5, 5.41) is 18.5. The molecule has 10 heteroatoms. The lowest BCUT2D eigenvalue weighted by Crippen LogP contribution is -2.36. The average Bonchev–Trinajstić information content (AvgIpc) is 3.58. The Morgan fingerprint density at radius 2 is 1.74 bits per heavy atom. The number of ketones is 1. The highest BCUT2D eigenvalue weighted by Gasteiger charge is 2.17. The van der Waals surface area contributed by atoms with Gasteiger partial charge in [-0.05, 0) is 86.6 Å². The molecule has 0 radical (unpaired) electrons. The molecule has 5 aromatic rings. The van der Waals surface area contributed by atoms with E-state index in [1.165, 1.54) is 0 Å². The minimum Gasteiger partial charge on any atom is -0.494 e. The Balaban J connectivity index is 1.18. The van der Waals surface area contributed by atoms with E-state index in [-0.39, 0.29) is 17.6 Å². The Labute approximate surface area is 248 Å². The van der Waals surface area contributed by atoms with E-state index in [1.807, 2.05) is 38.1 Å². The molecule has 1 aliphatic rings. The second-order valence-corrected chi connectivity index (χ2v) is 10.4. The van der Waals surface area contributed by atoms with E-state index in [0.29, 0.717) is 45.5 Å². The van der Waals surface area contributed by atoms with Gasteiger partial charge < -0.3 is 25.0 Å². The first-order valence-electron chi connectivity index (χ1n) is 14.2. The molecule has 6 rings (SSSR count). The van der Waals surface area contributed by atoms with Crippen LogP contribution in [0.3, 0.4) is 0 Å². The molecule has 218 valence electrons. The van der Waals surface area contributed by atoms with Crippen molar-refractivity contribution in [3.05, 3.63) is 101 Å². The van der Waals surface area contributed by atoms with Gasteiger partial charge in [0.15, 0.2) is 11.7 Å². The van der Waals surface area contributed by atoms with Gasteiger partial charge in [-0.25, -0.2) is 0 Å². The Kier molecular flexibility index (Phi) is 7.76. The highest BCUT2D eigenvalue weighted by molar-refractivity contribution is 6.12. The molecule has 1 fully saturated rings. The summed E-state index contributed by atoms with van der Waals surface area (Å²) in [6, 6.07) is 21.7. The van der Waals surface area contributed by atoms with Crippen molar-refractivity contribution in [3.8, 4) is 5.88 Å². The number of anilines is 2. The zero-order valence-electron chi connectivity index (χ0n) is 24.0. The summed E-state index contributed by atoms with van der Waals surface area (Å²) in [5.74, 6) is -0.462.